The van der Waals surface area contributed by atoms with E-state index < -0.39 is 0 Å². The summed E-state index contributed by atoms with van der Waals surface area (Å²) >= 11 is 0. The molecule has 0 aliphatic carbocycles. The van der Waals surface area contributed by atoms with E-state index in [2.05, 4.69) is 43.0 Å². The predicted molar refractivity (Wildman–Crippen MR) is 98.1 cm³/mol. The highest BCUT2D eigenvalue weighted by Gasteiger charge is 2.04. The Kier molecular flexibility index (Phi) is 5.87. The lowest BCUT2D eigenvalue weighted by atomic mass is 10.1. The molecule has 0 saturated heterocycles. The van der Waals surface area contributed by atoms with Gasteiger partial charge in [0.25, 0.3) is 0 Å². The molecule has 2 aromatic carbocycles. The van der Waals surface area contributed by atoms with Crippen LogP contribution in [0, 0.1) is 6.92 Å². The second kappa shape index (κ2) is 8.08. The average molecular weight is 307 g/mol. The smallest absolute Gasteiger partial charge is 0.0990 e. The molecule has 2 rings (SSSR count). The molecule has 0 atom stereocenters. The standard InChI is InChI=1S/C20H25N3/c1-3-23(15-17-9-5-4-6-10-17)20(22)13-12-19(21)18-11-7-8-16(2)14-18/h4-14H,3,15,21-22H2,1-2H3/b19-12-,20-13+. The summed E-state index contributed by atoms with van der Waals surface area (Å²) in [5.74, 6) is 0.715. The average Bonchev–Trinajstić information content (AvgIpc) is 2.58. The van der Waals surface area contributed by atoms with Gasteiger partial charge in [-0.05, 0) is 43.2 Å². The summed E-state index contributed by atoms with van der Waals surface area (Å²) in [6, 6.07) is 18.4. The van der Waals surface area contributed by atoms with Crippen molar-refractivity contribution in [2.24, 2.45) is 11.5 Å². The Morgan fingerprint density at radius 1 is 1.00 bits per heavy atom. The molecule has 0 radical (unpaired) electrons. The molecule has 23 heavy (non-hydrogen) atoms. The summed E-state index contributed by atoms with van der Waals surface area (Å²) in [6.45, 7) is 5.78. The Morgan fingerprint density at radius 2 is 1.74 bits per heavy atom. The second-order valence-electron chi connectivity index (χ2n) is 5.58. The van der Waals surface area contributed by atoms with E-state index in [0.29, 0.717) is 11.5 Å². The number of hydrogen-bond donors (Lipinski definition) is 2. The molecule has 0 fully saturated rings. The molecule has 0 heterocycles. The van der Waals surface area contributed by atoms with Crippen molar-refractivity contribution in [1.82, 2.24) is 4.90 Å². The van der Waals surface area contributed by atoms with E-state index in [0.717, 1.165) is 18.7 Å². The molecule has 3 nitrogen and oxygen atoms in total. The maximum absolute atomic E-state index is 6.22. The van der Waals surface area contributed by atoms with Crippen molar-refractivity contribution < 1.29 is 0 Å². The van der Waals surface area contributed by atoms with Gasteiger partial charge in [-0.1, -0.05) is 54.1 Å². The molecule has 3 heteroatoms. The monoisotopic (exact) mass is 307 g/mol. The van der Waals surface area contributed by atoms with Gasteiger partial charge in [0.15, 0.2) is 0 Å². The highest BCUT2D eigenvalue weighted by Crippen LogP contribution is 2.12. The van der Waals surface area contributed by atoms with Crippen LogP contribution in [0.25, 0.3) is 5.70 Å². The first-order chi connectivity index (χ1) is 11.1. The quantitative estimate of drug-likeness (QED) is 0.802. The summed E-state index contributed by atoms with van der Waals surface area (Å²) < 4.78 is 0. The molecule has 0 saturated carbocycles. The van der Waals surface area contributed by atoms with Crippen LogP contribution < -0.4 is 11.5 Å². The Hall–Kier alpha value is -2.68. The number of aryl methyl sites for hydroxylation is 1. The summed E-state index contributed by atoms with van der Waals surface area (Å²) in [5.41, 5.74) is 16.5. The van der Waals surface area contributed by atoms with Gasteiger partial charge in [-0.25, -0.2) is 0 Å². The zero-order valence-corrected chi connectivity index (χ0v) is 13.9. The highest BCUT2D eigenvalue weighted by atomic mass is 15.2. The van der Waals surface area contributed by atoms with Gasteiger partial charge in [0, 0.05) is 18.8 Å². The van der Waals surface area contributed by atoms with Gasteiger partial charge in [0.2, 0.25) is 0 Å². The molecule has 0 unspecified atom stereocenters. The molecule has 0 aliphatic heterocycles. The van der Waals surface area contributed by atoms with Gasteiger partial charge < -0.3 is 16.4 Å². The largest absolute Gasteiger partial charge is 0.398 e. The van der Waals surface area contributed by atoms with Crippen LogP contribution in [0.5, 0.6) is 0 Å². The first-order valence-corrected chi connectivity index (χ1v) is 7.89. The number of benzene rings is 2. The van der Waals surface area contributed by atoms with Crippen molar-refractivity contribution >= 4 is 5.70 Å². The Balaban J connectivity index is 2.11. The van der Waals surface area contributed by atoms with Crippen molar-refractivity contribution in [3.8, 4) is 0 Å². The lowest BCUT2D eigenvalue weighted by Gasteiger charge is -2.23. The van der Waals surface area contributed by atoms with Crippen LogP contribution in [-0.4, -0.2) is 11.4 Å². The molecule has 0 aliphatic rings. The molecular weight excluding hydrogens is 282 g/mol. The molecular formula is C20H25N3. The fraction of sp³-hybridized carbons (Fsp3) is 0.200. The van der Waals surface area contributed by atoms with Gasteiger partial charge in [0.05, 0.1) is 5.82 Å². The minimum atomic E-state index is 0.715. The van der Waals surface area contributed by atoms with Crippen LogP contribution in [0.15, 0.2) is 72.6 Å². The van der Waals surface area contributed by atoms with E-state index in [1.54, 1.807) is 0 Å². The zero-order chi connectivity index (χ0) is 16.7. The fourth-order valence-corrected chi connectivity index (χ4v) is 2.39. The Morgan fingerprint density at radius 3 is 2.39 bits per heavy atom. The normalized spacial score (nSPS) is 12.3. The third kappa shape index (κ3) is 4.92. The lowest BCUT2D eigenvalue weighted by Crippen LogP contribution is -2.27. The number of nitrogens with zero attached hydrogens (tertiary/aromatic N) is 1. The minimum Gasteiger partial charge on any atom is -0.398 e. The lowest BCUT2D eigenvalue weighted by molar-refractivity contribution is 0.351. The van der Waals surface area contributed by atoms with Gasteiger partial charge in [0.1, 0.15) is 0 Å². The van der Waals surface area contributed by atoms with Crippen LogP contribution in [0.1, 0.15) is 23.6 Å². The summed E-state index contributed by atoms with van der Waals surface area (Å²) in [4.78, 5) is 2.12. The summed E-state index contributed by atoms with van der Waals surface area (Å²) in [6.07, 6.45) is 3.75. The molecule has 0 bridgehead atoms. The molecule has 120 valence electrons. The van der Waals surface area contributed by atoms with E-state index in [9.17, 15) is 0 Å². The topological polar surface area (TPSA) is 55.3 Å². The van der Waals surface area contributed by atoms with Gasteiger partial charge >= 0.3 is 0 Å². The summed E-state index contributed by atoms with van der Waals surface area (Å²) in [7, 11) is 0. The predicted octanol–water partition coefficient (Wildman–Crippen LogP) is 3.62. The van der Waals surface area contributed by atoms with Crippen LogP contribution >= 0.6 is 0 Å². The van der Waals surface area contributed by atoms with Crippen LogP contribution in [0.3, 0.4) is 0 Å². The highest BCUT2D eigenvalue weighted by molar-refractivity contribution is 5.64. The van der Waals surface area contributed by atoms with Crippen LogP contribution in [-0.2, 0) is 6.54 Å². The first kappa shape index (κ1) is 16.7. The number of nitrogens with two attached hydrogens (primary N) is 2. The van der Waals surface area contributed by atoms with Crippen molar-refractivity contribution in [3.05, 3.63) is 89.3 Å². The van der Waals surface area contributed by atoms with E-state index in [-0.39, 0.29) is 0 Å². The molecule has 0 aromatic heterocycles. The SMILES string of the molecule is CCN(Cc1ccccc1)/C(N)=C/C=C(\N)c1cccc(C)c1. The number of rotatable bonds is 6. The zero-order valence-electron chi connectivity index (χ0n) is 13.9. The van der Waals surface area contributed by atoms with E-state index >= 15 is 0 Å². The van der Waals surface area contributed by atoms with Crippen LogP contribution in [0.4, 0.5) is 0 Å². The van der Waals surface area contributed by atoms with E-state index in [1.807, 2.05) is 42.5 Å². The summed E-state index contributed by atoms with van der Waals surface area (Å²) in [5, 5.41) is 0. The third-order valence-electron chi connectivity index (χ3n) is 3.75. The van der Waals surface area contributed by atoms with Gasteiger partial charge in [-0.2, -0.15) is 0 Å². The Bertz CT molecular complexity index is 687. The first-order valence-electron chi connectivity index (χ1n) is 7.89. The molecule has 0 spiro atoms. The van der Waals surface area contributed by atoms with Crippen molar-refractivity contribution in [3.63, 3.8) is 0 Å². The van der Waals surface area contributed by atoms with Crippen molar-refractivity contribution in [2.45, 2.75) is 20.4 Å². The van der Waals surface area contributed by atoms with Crippen LogP contribution in [0.2, 0.25) is 0 Å². The molecule has 2 aromatic rings. The molecule has 0 amide bonds. The fourth-order valence-electron chi connectivity index (χ4n) is 2.39. The third-order valence-corrected chi connectivity index (χ3v) is 3.75. The van der Waals surface area contributed by atoms with Gasteiger partial charge in [-0.3, -0.25) is 0 Å². The van der Waals surface area contributed by atoms with E-state index in [1.165, 1.54) is 11.1 Å². The Labute approximate surface area is 138 Å². The number of allylic oxidation sites excluding steroid dienone is 2. The van der Waals surface area contributed by atoms with E-state index in [4.69, 9.17) is 11.5 Å². The molecule has 4 N–H and O–H groups in total. The maximum Gasteiger partial charge on any atom is 0.0990 e. The van der Waals surface area contributed by atoms with Crippen molar-refractivity contribution in [1.29, 1.82) is 0 Å². The van der Waals surface area contributed by atoms with Gasteiger partial charge in [-0.15, -0.1) is 0 Å². The second-order valence-corrected chi connectivity index (χ2v) is 5.58. The maximum atomic E-state index is 6.22. The minimum absolute atomic E-state index is 0.715. The van der Waals surface area contributed by atoms with Crippen molar-refractivity contribution in [2.75, 3.05) is 6.54 Å². The number of hydrogen-bond acceptors (Lipinski definition) is 3.